The minimum atomic E-state index is -4.55. The number of aromatic nitrogens is 2. The van der Waals surface area contributed by atoms with Crippen molar-refractivity contribution >= 4 is 16.9 Å². The van der Waals surface area contributed by atoms with Gasteiger partial charge in [-0.25, -0.2) is 9.37 Å². The maximum Gasteiger partial charge on any atom is 0.417 e. The lowest BCUT2D eigenvalue weighted by atomic mass is 10.0. The Bertz CT molecular complexity index is 827. The second-order valence-corrected chi connectivity index (χ2v) is 6.34. The number of nitrogens with zero attached hydrogens (tertiary/aromatic N) is 3. The van der Waals surface area contributed by atoms with Gasteiger partial charge in [0.25, 0.3) is 0 Å². The molecule has 8 heteroatoms. The molecule has 4 nitrogen and oxygen atoms in total. The molecule has 1 saturated heterocycles. The summed E-state index contributed by atoms with van der Waals surface area (Å²) in [5.74, 6) is -0.581. The lowest BCUT2D eigenvalue weighted by Gasteiger charge is -2.32. The van der Waals surface area contributed by atoms with Crippen LogP contribution < -0.4 is 0 Å². The topological polar surface area (TPSA) is 38.1 Å². The van der Waals surface area contributed by atoms with Gasteiger partial charge in [-0.05, 0) is 18.9 Å². The van der Waals surface area contributed by atoms with E-state index < -0.39 is 17.6 Å². The molecule has 0 N–H and O–H groups in total. The van der Waals surface area contributed by atoms with E-state index in [0.29, 0.717) is 38.0 Å². The molecule has 1 unspecified atom stereocenters. The van der Waals surface area contributed by atoms with Crippen molar-refractivity contribution in [2.75, 3.05) is 6.54 Å². The van der Waals surface area contributed by atoms with Gasteiger partial charge < -0.3 is 9.47 Å². The largest absolute Gasteiger partial charge is 0.417 e. The summed E-state index contributed by atoms with van der Waals surface area (Å²) in [6.45, 7) is 1.12. The van der Waals surface area contributed by atoms with Crippen LogP contribution in [0.4, 0.5) is 17.6 Å². The fourth-order valence-corrected chi connectivity index (χ4v) is 3.76. The first kappa shape index (κ1) is 15.4. The van der Waals surface area contributed by atoms with Crippen LogP contribution >= 0.6 is 0 Å². The zero-order chi connectivity index (χ0) is 17.1. The second-order valence-electron chi connectivity index (χ2n) is 6.34. The Kier molecular flexibility index (Phi) is 3.33. The molecule has 24 heavy (non-hydrogen) atoms. The molecule has 128 valence electrons. The quantitative estimate of drug-likeness (QED) is 0.748. The minimum absolute atomic E-state index is 0.0717. The van der Waals surface area contributed by atoms with Crippen LogP contribution in [0.2, 0.25) is 0 Å². The molecule has 4 rings (SSSR count). The Morgan fingerprint density at radius 3 is 2.71 bits per heavy atom. The van der Waals surface area contributed by atoms with E-state index in [4.69, 9.17) is 0 Å². The van der Waals surface area contributed by atoms with Crippen molar-refractivity contribution in [3.8, 4) is 0 Å². The molecule has 2 aliphatic rings. The van der Waals surface area contributed by atoms with Crippen LogP contribution in [0, 0.1) is 5.82 Å². The van der Waals surface area contributed by atoms with E-state index in [1.807, 2.05) is 0 Å². The van der Waals surface area contributed by atoms with Gasteiger partial charge in [-0.15, -0.1) is 0 Å². The molecule has 0 radical (unpaired) electrons. The van der Waals surface area contributed by atoms with Gasteiger partial charge >= 0.3 is 6.18 Å². The number of amides is 1. The highest BCUT2D eigenvalue weighted by Gasteiger charge is 2.35. The number of hydrogen-bond donors (Lipinski definition) is 0. The Labute approximate surface area is 135 Å². The summed E-state index contributed by atoms with van der Waals surface area (Å²) in [7, 11) is 0. The molecule has 0 aromatic carbocycles. The van der Waals surface area contributed by atoms with E-state index in [2.05, 4.69) is 4.98 Å². The molecule has 0 spiro atoms. The summed E-state index contributed by atoms with van der Waals surface area (Å²) in [6, 6.07) is 0.729. The molecule has 2 aromatic rings. The number of carbonyl (C=O) groups excluding carboxylic acids is 1. The first-order valence-electron chi connectivity index (χ1n) is 7.89. The molecule has 1 fully saturated rings. The molecular formula is C16H15F4N3O. The van der Waals surface area contributed by atoms with Crippen molar-refractivity contribution in [1.82, 2.24) is 14.5 Å². The SMILES string of the molecule is O=C1CCCN1C1CCn2c(c(F)c3cc(C(F)(F)F)cnc32)C1. The maximum atomic E-state index is 14.7. The van der Waals surface area contributed by atoms with E-state index in [9.17, 15) is 22.4 Å². The Morgan fingerprint density at radius 2 is 2.04 bits per heavy atom. The summed E-state index contributed by atoms with van der Waals surface area (Å²) >= 11 is 0. The van der Waals surface area contributed by atoms with Gasteiger partial charge in [-0.3, -0.25) is 4.79 Å². The highest BCUT2D eigenvalue weighted by molar-refractivity contribution is 5.80. The fourth-order valence-electron chi connectivity index (χ4n) is 3.76. The number of pyridine rings is 1. The molecule has 0 aliphatic carbocycles. The lowest BCUT2D eigenvalue weighted by Crippen LogP contribution is -2.41. The van der Waals surface area contributed by atoms with Crippen molar-refractivity contribution in [3.63, 3.8) is 0 Å². The number of halogens is 4. The fraction of sp³-hybridized carbons (Fsp3) is 0.500. The van der Waals surface area contributed by atoms with Crippen molar-refractivity contribution in [2.24, 2.45) is 0 Å². The van der Waals surface area contributed by atoms with Gasteiger partial charge in [0, 0.05) is 38.2 Å². The monoisotopic (exact) mass is 341 g/mol. The van der Waals surface area contributed by atoms with Crippen molar-refractivity contribution in [2.45, 2.75) is 44.4 Å². The predicted octanol–water partition coefficient (Wildman–Crippen LogP) is 3.13. The first-order chi connectivity index (χ1) is 11.4. The second kappa shape index (κ2) is 5.19. The number of fused-ring (bicyclic) bond motifs is 3. The summed E-state index contributed by atoms with van der Waals surface area (Å²) in [6.07, 6.45) is -1.53. The first-order valence-corrected chi connectivity index (χ1v) is 7.89. The number of likely N-dealkylation sites (tertiary alicyclic amines) is 1. The van der Waals surface area contributed by atoms with Crippen molar-refractivity contribution < 1.29 is 22.4 Å². The highest BCUT2D eigenvalue weighted by Crippen LogP contribution is 2.35. The summed E-state index contributed by atoms with van der Waals surface area (Å²) < 4.78 is 54.8. The van der Waals surface area contributed by atoms with E-state index in [1.165, 1.54) is 0 Å². The maximum absolute atomic E-state index is 14.7. The lowest BCUT2D eigenvalue weighted by molar-refractivity contribution is -0.137. The average molecular weight is 341 g/mol. The molecule has 1 atom stereocenters. The highest BCUT2D eigenvalue weighted by atomic mass is 19.4. The van der Waals surface area contributed by atoms with E-state index >= 15 is 0 Å². The zero-order valence-electron chi connectivity index (χ0n) is 12.7. The van der Waals surface area contributed by atoms with Crippen LogP contribution in [-0.4, -0.2) is 32.9 Å². The van der Waals surface area contributed by atoms with Gasteiger partial charge in [0.1, 0.15) is 5.65 Å². The Balaban J connectivity index is 1.74. The van der Waals surface area contributed by atoms with Crippen LogP contribution in [0.15, 0.2) is 12.3 Å². The zero-order valence-corrected chi connectivity index (χ0v) is 12.7. The van der Waals surface area contributed by atoms with Crippen LogP contribution in [0.1, 0.15) is 30.5 Å². The summed E-state index contributed by atoms with van der Waals surface area (Å²) in [5.41, 5.74) is -0.377. The normalized spacial score (nSPS) is 21.6. The molecular weight excluding hydrogens is 326 g/mol. The van der Waals surface area contributed by atoms with Crippen molar-refractivity contribution in [1.29, 1.82) is 0 Å². The third-order valence-electron chi connectivity index (χ3n) is 4.93. The van der Waals surface area contributed by atoms with Crippen LogP contribution in [0.5, 0.6) is 0 Å². The smallest absolute Gasteiger partial charge is 0.339 e. The Morgan fingerprint density at radius 1 is 1.25 bits per heavy atom. The number of hydrogen-bond acceptors (Lipinski definition) is 2. The van der Waals surface area contributed by atoms with Gasteiger partial charge in [-0.1, -0.05) is 0 Å². The molecule has 4 heterocycles. The van der Waals surface area contributed by atoms with Crippen LogP contribution in [0.25, 0.3) is 11.0 Å². The van der Waals surface area contributed by atoms with Gasteiger partial charge in [-0.2, -0.15) is 13.2 Å². The molecule has 2 aromatic heterocycles. The third-order valence-corrected chi connectivity index (χ3v) is 4.93. The van der Waals surface area contributed by atoms with Crippen LogP contribution in [-0.2, 0) is 23.9 Å². The number of rotatable bonds is 1. The van der Waals surface area contributed by atoms with E-state index in [1.54, 1.807) is 9.47 Å². The molecule has 1 amide bonds. The van der Waals surface area contributed by atoms with E-state index in [0.717, 1.165) is 18.7 Å². The molecule has 0 bridgehead atoms. The van der Waals surface area contributed by atoms with E-state index in [-0.39, 0.29) is 23.0 Å². The summed E-state index contributed by atoms with van der Waals surface area (Å²) in [5, 5.41) is -0.103. The van der Waals surface area contributed by atoms with Gasteiger partial charge in [0.15, 0.2) is 5.82 Å². The third kappa shape index (κ3) is 2.27. The standard InChI is InChI=1S/C16H15F4N3O/c17-14-11-6-9(16(18,19)20)8-21-15(11)23-5-3-10(7-12(14)23)22-4-1-2-13(22)24/h6,8,10H,1-5,7H2. The molecule has 0 saturated carbocycles. The minimum Gasteiger partial charge on any atom is -0.339 e. The Hall–Kier alpha value is -2.12. The molecule has 2 aliphatic heterocycles. The van der Waals surface area contributed by atoms with Crippen LogP contribution in [0.3, 0.4) is 0 Å². The number of aryl methyl sites for hydroxylation is 1. The van der Waals surface area contributed by atoms with Crippen molar-refractivity contribution in [3.05, 3.63) is 29.3 Å². The van der Waals surface area contributed by atoms with Gasteiger partial charge in [0.2, 0.25) is 5.91 Å². The number of carbonyl (C=O) groups is 1. The average Bonchev–Trinajstić information content (AvgIpc) is 3.09. The number of alkyl halides is 3. The predicted molar refractivity (Wildman–Crippen MR) is 77.7 cm³/mol. The van der Waals surface area contributed by atoms with Gasteiger partial charge in [0.05, 0.1) is 16.6 Å². The summed E-state index contributed by atoms with van der Waals surface area (Å²) in [4.78, 5) is 17.5.